The highest BCUT2D eigenvalue weighted by molar-refractivity contribution is 7.12. The highest BCUT2D eigenvalue weighted by Gasteiger charge is 2.57. The summed E-state index contributed by atoms with van der Waals surface area (Å²) in [6.45, 7) is 8.14. The Hall–Kier alpha value is -4.83. The number of amides is 3. The van der Waals surface area contributed by atoms with Gasteiger partial charge in [0, 0.05) is 23.7 Å². The molecule has 10 heteroatoms. The monoisotopic (exact) mass is 610 g/mol. The number of ketones is 1. The van der Waals surface area contributed by atoms with E-state index < -0.39 is 40.8 Å². The molecule has 3 aromatic carbocycles. The van der Waals surface area contributed by atoms with Crippen LogP contribution in [-0.2, 0) is 10.2 Å². The number of nitro benzene ring substituents is 1. The number of benzene rings is 3. The Morgan fingerprint density at radius 2 is 1.64 bits per heavy atom. The molecule has 0 saturated carbocycles. The van der Waals surface area contributed by atoms with E-state index >= 15 is 0 Å². The number of primary amides is 1. The molecule has 44 heavy (non-hydrogen) atoms. The third-order valence-electron chi connectivity index (χ3n) is 8.11. The topological polar surface area (TPSA) is 136 Å². The lowest BCUT2D eigenvalue weighted by Crippen LogP contribution is -2.48. The highest BCUT2D eigenvalue weighted by Crippen LogP contribution is 2.52. The van der Waals surface area contributed by atoms with Gasteiger partial charge in [0.05, 0.1) is 21.8 Å². The average molecular weight is 611 g/mol. The van der Waals surface area contributed by atoms with Crippen molar-refractivity contribution < 1.29 is 19.3 Å². The summed E-state index contributed by atoms with van der Waals surface area (Å²) in [5.74, 6) is -2.87. The maximum absolute atomic E-state index is 14.4. The van der Waals surface area contributed by atoms with Gasteiger partial charge in [-0.05, 0) is 58.2 Å². The van der Waals surface area contributed by atoms with Crippen LogP contribution in [0.4, 0.5) is 16.2 Å². The molecule has 3 N–H and O–H groups in total. The summed E-state index contributed by atoms with van der Waals surface area (Å²) < 4.78 is 0. The summed E-state index contributed by atoms with van der Waals surface area (Å²) in [5.41, 5.74) is 9.23. The fourth-order valence-corrected chi connectivity index (χ4v) is 6.78. The van der Waals surface area contributed by atoms with E-state index in [1.807, 2.05) is 37.3 Å². The normalized spacial score (nSPS) is 19.9. The number of likely N-dealkylation sites (tertiary alicyclic amines) is 1. The third kappa shape index (κ3) is 5.98. The van der Waals surface area contributed by atoms with Gasteiger partial charge in [0.15, 0.2) is 5.78 Å². The number of aryl methyl sites for hydroxylation is 1. The molecule has 226 valence electrons. The molecule has 1 aliphatic heterocycles. The Labute approximate surface area is 259 Å². The number of non-ortho nitro benzene ring substituents is 1. The number of hydrogen-bond acceptors (Lipinski definition) is 6. The van der Waals surface area contributed by atoms with Gasteiger partial charge in [-0.2, -0.15) is 0 Å². The van der Waals surface area contributed by atoms with Crippen molar-refractivity contribution in [2.75, 3.05) is 5.32 Å². The predicted octanol–water partition coefficient (Wildman–Crippen LogP) is 6.99. The summed E-state index contributed by atoms with van der Waals surface area (Å²) in [6, 6.07) is 21.2. The van der Waals surface area contributed by atoms with Crippen LogP contribution in [0, 0.1) is 23.0 Å². The van der Waals surface area contributed by atoms with E-state index in [4.69, 9.17) is 5.73 Å². The van der Waals surface area contributed by atoms with Gasteiger partial charge in [-0.3, -0.25) is 19.7 Å². The Kier molecular flexibility index (Phi) is 8.38. The average Bonchev–Trinajstić information content (AvgIpc) is 3.64. The van der Waals surface area contributed by atoms with Gasteiger partial charge in [-0.25, -0.2) is 4.79 Å². The van der Waals surface area contributed by atoms with Crippen LogP contribution in [0.2, 0.25) is 0 Å². The van der Waals surface area contributed by atoms with Crippen LogP contribution in [0.5, 0.6) is 0 Å². The summed E-state index contributed by atoms with van der Waals surface area (Å²) in [6.07, 6.45) is 0. The number of rotatable bonds is 7. The van der Waals surface area contributed by atoms with Crippen LogP contribution in [0.1, 0.15) is 64.7 Å². The zero-order valence-corrected chi connectivity index (χ0v) is 25.7. The number of nitrogens with two attached hydrogens (primary N) is 1. The van der Waals surface area contributed by atoms with Crippen molar-refractivity contribution in [1.82, 2.24) is 4.90 Å². The Balaban J connectivity index is 1.74. The number of nitrogens with one attached hydrogen (secondary N) is 1. The third-order valence-corrected chi connectivity index (χ3v) is 9.00. The minimum Gasteiger partial charge on any atom is -0.368 e. The molecule has 3 amide bonds. The van der Waals surface area contributed by atoms with Crippen molar-refractivity contribution in [3.05, 3.63) is 128 Å². The zero-order chi connectivity index (χ0) is 31.8. The SMILES string of the molecule is Cc1cccc(NC(=O)N2C(C(N)=O)C(c3ccc(C(C)(C)C)cc3)C(C(=O)c3cccs3)C2c2cccc([N+](=O)[O-])c2)c1. The summed E-state index contributed by atoms with van der Waals surface area (Å²) >= 11 is 1.26. The lowest BCUT2D eigenvalue weighted by atomic mass is 9.76. The van der Waals surface area contributed by atoms with E-state index in [0.717, 1.165) is 11.1 Å². The van der Waals surface area contributed by atoms with E-state index in [9.17, 15) is 24.5 Å². The van der Waals surface area contributed by atoms with Crippen molar-refractivity contribution in [3.8, 4) is 0 Å². The fraction of sp³-hybridized carbons (Fsp3) is 0.265. The number of thiophene rings is 1. The Morgan fingerprint density at radius 3 is 2.23 bits per heavy atom. The van der Waals surface area contributed by atoms with Crippen LogP contribution in [0.25, 0.3) is 0 Å². The van der Waals surface area contributed by atoms with E-state index in [-0.39, 0.29) is 16.9 Å². The molecule has 0 spiro atoms. The van der Waals surface area contributed by atoms with Crippen LogP contribution in [-0.4, -0.2) is 33.6 Å². The fourth-order valence-electron chi connectivity index (χ4n) is 6.06. The van der Waals surface area contributed by atoms with Crippen molar-refractivity contribution >= 4 is 40.4 Å². The van der Waals surface area contributed by atoms with E-state index in [2.05, 4.69) is 26.1 Å². The van der Waals surface area contributed by atoms with Crippen LogP contribution in [0.3, 0.4) is 0 Å². The van der Waals surface area contributed by atoms with Gasteiger partial charge in [-0.1, -0.05) is 75.4 Å². The summed E-state index contributed by atoms with van der Waals surface area (Å²) in [4.78, 5) is 55.1. The number of urea groups is 1. The molecule has 0 bridgehead atoms. The van der Waals surface area contributed by atoms with Gasteiger partial charge >= 0.3 is 6.03 Å². The number of carbonyl (C=O) groups excluding carboxylic acids is 3. The molecule has 5 rings (SSSR count). The van der Waals surface area contributed by atoms with Crippen molar-refractivity contribution in [3.63, 3.8) is 0 Å². The second-order valence-corrected chi connectivity index (χ2v) is 13.1. The molecule has 4 unspecified atom stereocenters. The molecule has 1 aromatic heterocycles. The maximum atomic E-state index is 14.4. The van der Waals surface area contributed by atoms with Crippen LogP contribution >= 0.6 is 11.3 Å². The molecule has 1 fully saturated rings. The number of carbonyl (C=O) groups is 3. The summed E-state index contributed by atoms with van der Waals surface area (Å²) in [7, 11) is 0. The number of Topliss-reactive ketones (excluding diaryl/α,β-unsaturated/α-hetero) is 1. The van der Waals surface area contributed by atoms with Crippen LogP contribution in [0.15, 0.2) is 90.3 Å². The van der Waals surface area contributed by atoms with E-state index in [1.165, 1.54) is 34.4 Å². The smallest absolute Gasteiger partial charge is 0.323 e. The van der Waals surface area contributed by atoms with Gasteiger partial charge < -0.3 is 16.0 Å². The Morgan fingerprint density at radius 1 is 0.932 bits per heavy atom. The maximum Gasteiger partial charge on any atom is 0.323 e. The minimum atomic E-state index is -1.24. The van der Waals surface area contributed by atoms with E-state index in [0.29, 0.717) is 21.7 Å². The van der Waals surface area contributed by atoms with Gasteiger partial charge in [0.1, 0.15) is 6.04 Å². The van der Waals surface area contributed by atoms with Crippen molar-refractivity contribution in [2.24, 2.45) is 11.7 Å². The molecule has 0 aliphatic carbocycles. The molecule has 2 heterocycles. The number of hydrogen-bond donors (Lipinski definition) is 2. The predicted molar refractivity (Wildman–Crippen MR) is 171 cm³/mol. The van der Waals surface area contributed by atoms with Crippen molar-refractivity contribution in [1.29, 1.82) is 0 Å². The van der Waals surface area contributed by atoms with Gasteiger partial charge in [-0.15, -0.1) is 11.3 Å². The molecular formula is C34H34N4O5S. The minimum absolute atomic E-state index is 0.144. The number of anilines is 1. The first-order valence-electron chi connectivity index (χ1n) is 14.2. The van der Waals surface area contributed by atoms with Gasteiger partial charge in [0.2, 0.25) is 5.91 Å². The number of nitrogens with zero attached hydrogens (tertiary/aromatic N) is 2. The number of nitro groups is 1. The molecule has 0 radical (unpaired) electrons. The first-order valence-corrected chi connectivity index (χ1v) is 15.1. The first-order chi connectivity index (χ1) is 20.9. The van der Waals surface area contributed by atoms with Gasteiger partial charge in [0.25, 0.3) is 5.69 Å². The second kappa shape index (κ2) is 12.0. The molecule has 4 atom stereocenters. The quantitative estimate of drug-likeness (QED) is 0.132. The first kappa shape index (κ1) is 30.6. The lowest BCUT2D eigenvalue weighted by molar-refractivity contribution is -0.385. The largest absolute Gasteiger partial charge is 0.368 e. The Bertz CT molecular complexity index is 1710. The van der Waals surface area contributed by atoms with Crippen LogP contribution < -0.4 is 11.1 Å². The van der Waals surface area contributed by atoms with Crippen molar-refractivity contribution in [2.45, 2.75) is 51.1 Å². The molecule has 1 saturated heterocycles. The molecule has 9 nitrogen and oxygen atoms in total. The summed E-state index contributed by atoms with van der Waals surface area (Å²) in [5, 5.41) is 16.5. The lowest BCUT2D eigenvalue weighted by Gasteiger charge is -2.30. The molecule has 4 aromatic rings. The van der Waals surface area contributed by atoms with E-state index in [1.54, 1.807) is 41.8 Å². The molecule has 1 aliphatic rings. The zero-order valence-electron chi connectivity index (χ0n) is 24.9. The highest BCUT2D eigenvalue weighted by atomic mass is 32.1. The standard InChI is InChI=1S/C34H34N4O5S/c1-20-8-5-10-24(18-20)36-33(41)37-29(22-9-6-11-25(19-22)38(42)43)28(31(39)26-12-7-17-44-26)27(30(37)32(35)40)21-13-15-23(16-14-21)34(2,3)4/h5-19,27-30H,1-4H3,(H2,35,40)(H,36,41). The molecular weight excluding hydrogens is 576 g/mol. The second-order valence-electron chi connectivity index (χ2n) is 12.1.